The topological polar surface area (TPSA) is 250 Å². The minimum Gasteiger partial charge on any atom is -0.383 e. The molecule has 0 aromatic carbocycles. The molecule has 1 aliphatic carbocycles. The number of phosphoric acid groups is 3. The van der Waals surface area contributed by atoms with Gasteiger partial charge in [0.05, 0.1) is 0 Å². The fourth-order valence-corrected chi connectivity index (χ4v) is 7.26. The molecule has 0 bridgehead atoms. The molecule has 7 atom stereocenters. The standard InChI is InChI=1S/C10H14BrFN3O13P3/c11-3-9-7(26-30(21,22)28-31(23,24)27-29(18,19)20)10(9,17)5(12)6(25-9)15-2-1-4(13)14-8(15)16/h1-2,5-7,17H,3H2,(H,21,22)(H,23,24)(H2,13,14,16)(H2,18,19,20)/t5-,6+,7?,9+,10-/m0/s1. The lowest BCUT2D eigenvalue weighted by atomic mass is 10.1. The minimum absolute atomic E-state index is 0.167. The molecule has 2 aliphatic rings. The van der Waals surface area contributed by atoms with E-state index in [1.165, 1.54) is 0 Å². The van der Waals surface area contributed by atoms with Gasteiger partial charge >= 0.3 is 29.2 Å². The fourth-order valence-electron chi connectivity index (χ4n) is 3.13. The van der Waals surface area contributed by atoms with Crippen LogP contribution in [0.3, 0.4) is 0 Å². The molecule has 1 aromatic rings. The second-order valence-electron chi connectivity index (χ2n) is 6.38. The van der Waals surface area contributed by atoms with Crippen LogP contribution in [-0.2, 0) is 31.6 Å². The van der Waals surface area contributed by atoms with Crippen molar-refractivity contribution >= 4 is 45.2 Å². The Morgan fingerprint density at radius 1 is 1.26 bits per heavy atom. The van der Waals surface area contributed by atoms with Crippen LogP contribution >= 0.6 is 39.4 Å². The number of rotatable bonds is 8. The predicted octanol–water partition coefficient (Wildman–Crippen LogP) is -0.717. The minimum atomic E-state index is -5.83. The SMILES string of the molecule is Nc1ccn([C@@H]2O[C@]3(CBr)C(OP(=O)(O)OP(=O)(O)OP(=O)(O)O)[C@@]3(O)[C@H]2F)c(=O)n1. The third-order valence-electron chi connectivity index (χ3n) is 4.40. The van der Waals surface area contributed by atoms with Crippen LogP contribution in [0.4, 0.5) is 10.2 Å². The molecular formula is C10H14BrFN3O13P3. The van der Waals surface area contributed by atoms with E-state index in [4.69, 9.17) is 20.3 Å². The third kappa shape index (κ3) is 4.46. The zero-order valence-corrected chi connectivity index (χ0v) is 18.9. The Morgan fingerprint density at radius 3 is 2.35 bits per heavy atom. The smallest absolute Gasteiger partial charge is 0.383 e. The molecule has 31 heavy (non-hydrogen) atoms. The molecule has 1 aromatic heterocycles. The van der Waals surface area contributed by atoms with E-state index >= 15 is 4.39 Å². The molecular weight excluding hydrogens is 562 g/mol. The van der Waals surface area contributed by atoms with E-state index in [-0.39, 0.29) is 5.82 Å². The second-order valence-corrected chi connectivity index (χ2v) is 11.3. The van der Waals surface area contributed by atoms with Gasteiger partial charge in [-0.3, -0.25) is 9.09 Å². The highest BCUT2D eigenvalue weighted by molar-refractivity contribution is 9.09. The Bertz CT molecular complexity index is 1090. The van der Waals surface area contributed by atoms with Gasteiger partial charge in [0, 0.05) is 11.5 Å². The van der Waals surface area contributed by atoms with Crippen LogP contribution in [0.1, 0.15) is 6.23 Å². The highest BCUT2D eigenvalue weighted by Crippen LogP contribution is 2.72. The van der Waals surface area contributed by atoms with Crippen molar-refractivity contribution in [2.24, 2.45) is 0 Å². The van der Waals surface area contributed by atoms with Gasteiger partial charge in [-0.15, -0.1) is 0 Å². The largest absolute Gasteiger partial charge is 0.490 e. The van der Waals surface area contributed by atoms with E-state index in [9.17, 15) is 33.4 Å². The monoisotopic (exact) mass is 575 g/mol. The molecule has 21 heteroatoms. The predicted molar refractivity (Wildman–Crippen MR) is 98.1 cm³/mol. The van der Waals surface area contributed by atoms with Crippen molar-refractivity contribution < 1.29 is 60.6 Å². The number of hydrogen-bond donors (Lipinski definition) is 6. The Labute approximate surface area is 179 Å². The summed E-state index contributed by atoms with van der Waals surface area (Å²) < 4.78 is 66.8. The van der Waals surface area contributed by atoms with Gasteiger partial charge in [0.1, 0.15) is 17.5 Å². The lowest BCUT2D eigenvalue weighted by molar-refractivity contribution is -0.0845. The van der Waals surface area contributed by atoms with Gasteiger partial charge in [-0.05, 0) is 6.07 Å². The number of nitrogens with two attached hydrogens (primary N) is 1. The molecule has 7 N–H and O–H groups in total. The number of halogens is 2. The zero-order chi connectivity index (χ0) is 23.6. The van der Waals surface area contributed by atoms with Gasteiger partial charge in [-0.2, -0.15) is 13.6 Å². The zero-order valence-electron chi connectivity index (χ0n) is 14.7. The first-order valence-corrected chi connectivity index (χ1v) is 13.4. The molecule has 0 radical (unpaired) electrons. The molecule has 176 valence electrons. The average Bonchev–Trinajstić information content (AvgIpc) is 2.95. The van der Waals surface area contributed by atoms with Crippen LogP contribution < -0.4 is 11.4 Å². The van der Waals surface area contributed by atoms with E-state index in [1.54, 1.807) is 0 Å². The van der Waals surface area contributed by atoms with Crippen molar-refractivity contribution in [3.8, 4) is 0 Å². The van der Waals surface area contributed by atoms with Crippen LogP contribution in [0, 0.1) is 0 Å². The number of nitrogens with zero attached hydrogens (tertiary/aromatic N) is 2. The first-order valence-electron chi connectivity index (χ1n) is 7.75. The molecule has 2 heterocycles. The molecule has 2 fully saturated rings. The lowest BCUT2D eigenvalue weighted by Crippen LogP contribution is -2.38. The van der Waals surface area contributed by atoms with Crippen LogP contribution in [0.2, 0.25) is 0 Å². The van der Waals surface area contributed by atoms with Gasteiger partial charge in [0.25, 0.3) is 0 Å². The number of fused-ring (bicyclic) bond motifs is 1. The Morgan fingerprint density at radius 2 is 1.87 bits per heavy atom. The summed E-state index contributed by atoms with van der Waals surface area (Å²) in [5, 5.41) is 10.3. The van der Waals surface area contributed by atoms with E-state index in [1.807, 2.05) is 0 Å². The van der Waals surface area contributed by atoms with E-state index in [0.29, 0.717) is 4.57 Å². The number of alkyl halides is 2. The molecule has 0 amide bonds. The Kier molecular flexibility index (Phi) is 6.25. The quantitative estimate of drug-likeness (QED) is 0.165. The van der Waals surface area contributed by atoms with Gasteiger partial charge in [-0.25, -0.2) is 22.9 Å². The maximum absolute atomic E-state index is 15.1. The van der Waals surface area contributed by atoms with Crippen LogP contribution in [0.15, 0.2) is 17.1 Å². The summed E-state index contributed by atoms with van der Waals surface area (Å²) >= 11 is 2.92. The summed E-state index contributed by atoms with van der Waals surface area (Å²) in [6.07, 6.45) is -5.13. The van der Waals surface area contributed by atoms with E-state index < -0.39 is 64.2 Å². The van der Waals surface area contributed by atoms with Gasteiger partial charge in [0.2, 0.25) is 0 Å². The molecule has 16 nitrogen and oxygen atoms in total. The summed E-state index contributed by atoms with van der Waals surface area (Å²) in [5.74, 6) is -0.167. The number of aliphatic hydroxyl groups is 1. The summed E-state index contributed by atoms with van der Waals surface area (Å²) in [7, 11) is -17.1. The van der Waals surface area contributed by atoms with Gasteiger partial charge in [-0.1, -0.05) is 15.9 Å². The van der Waals surface area contributed by atoms with E-state index in [0.717, 1.165) is 12.3 Å². The summed E-state index contributed by atoms with van der Waals surface area (Å²) in [5.41, 5.74) is -0.389. The van der Waals surface area contributed by atoms with Crippen LogP contribution in [0.25, 0.3) is 0 Å². The highest BCUT2D eigenvalue weighted by Gasteiger charge is 2.89. The van der Waals surface area contributed by atoms with E-state index in [2.05, 4.69) is 34.1 Å². The molecule has 3 unspecified atom stereocenters. The second kappa shape index (κ2) is 7.74. The van der Waals surface area contributed by atoms with Gasteiger partial charge < -0.3 is 35.2 Å². The molecule has 1 saturated heterocycles. The van der Waals surface area contributed by atoms with Crippen molar-refractivity contribution in [2.45, 2.75) is 29.7 Å². The molecule has 3 rings (SSSR count). The number of nitrogen functional groups attached to an aromatic ring is 1. The van der Waals surface area contributed by atoms with Crippen LogP contribution in [-0.4, -0.2) is 63.0 Å². The third-order valence-corrected chi connectivity index (χ3v) is 9.04. The van der Waals surface area contributed by atoms with Crippen molar-refractivity contribution in [1.29, 1.82) is 0 Å². The first-order chi connectivity index (χ1) is 14.0. The Balaban J connectivity index is 1.82. The summed E-state index contributed by atoms with van der Waals surface area (Å²) in [4.78, 5) is 51.2. The summed E-state index contributed by atoms with van der Waals surface area (Å²) in [6.45, 7) is 0. The lowest BCUT2D eigenvalue weighted by Gasteiger charge is -2.24. The van der Waals surface area contributed by atoms with Crippen molar-refractivity contribution in [2.75, 3.05) is 11.1 Å². The highest BCUT2D eigenvalue weighted by atomic mass is 79.9. The average molecular weight is 576 g/mol. The van der Waals surface area contributed by atoms with Crippen molar-refractivity contribution in [3.05, 3.63) is 22.7 Å². The van der Waals surface area contributed by atoms with Gasteiger partial charge in [0.15, 0.2) is 18.0 Å². The maximum atomic E-state index is 15.1. The number of hydrogen-bond acceptors (Lipinski definition) is 11. The molecule has 1 aliphatic heterocycles. The molecule has 0 spiro atoms. The number of aromatic nitrogens is 2. The number of anilines is 1. The van der Waals surface area contributed by atoms with Crippen molar-refractivity contribution in [3.63, 3.8) is 0 Å². The van der Waals surface area contributed by atoms with Crippen molar-refractivity contribution in [1.82, 2.24) is 9.55 Å². The summed E-state index contributed by atoms with van der Waals surface area (Å²) in [6, 6.07) is 1.15. The maximum Gasteiger partial charge on any atom is 0.490 e. The molecule has 1 saturated carbocycles. The number of phosphoric ester groups is 1. The Hall–Kier alpha value is -0.580. The number of ether oxygens (including phenoxy) is 1. The van der Waals surface area contributed by atoms with Crippen LogP contribution in [0.5, 0.6) is 0 Å². The normalized spacial score (nSPS) is 36.4. The first kappa shape index (κ1) is 25.1. The fraction of sp³-hybridized carbons (Fsp3) is 0.600.